The predicted molar refractivity (Wildman–Crippen MR) is 64.4 cm³/mol. The maximum absolute atomic E-state index is 9.11. The maximum atomic E-state index is 9.11. The lowest BCUT2D eigenvalue weighted by Gasteiger charge is -2.22. The first-order chi connectivity index (χ1) is 7.96. The molecule has 0 spiro atoms. The molecule has 7 heteroatoms. The van der Waals surface area contributed by atoms with E-state index in [9.17, 15) is 0 Å². The van der Waals surface area contributed by atoms with Crippen molar-refractivity contribution >= 4 is 29.2 Å². The van der Waals surface area contributed by atoms with E-state index in [2.05, 4.69) is 5.32 Å². The highest BCUT2D eigenvalue weighted by molar-refractivity contribution is 6.42. The van der Waals surface area contributed by atoms with Gasteiger partial charge >= 0.3 is 0 Å². The summed E-state index contributed by atoms with van der Waals surface area (Å²) in [5.74, 6) is -0.510. The van der Waals surface area contributed by atoms with Gasteiger partial charge in [-0.3, -0.25) is 5.41 Å². The van der Waals surface area contributed by atoms with Crippen LogP contribution in [0, 0.1) is 28.1 Å². The quantitative estimate of drug-likeness (QED) is 0.560. The fourth-order valence-corrected chi connectivity index (χ4v) is 1.71. The van der Waals surface area contributed by atoms with Crippen LogP contribution in [0.2, 0.25) is 10.0 Å². The molecule has 1 rings (SSSR count). The molecular formula is C10H7Cl2N5. The normalized spacial score (nSPS) is 10.1. The van der Waals surface area contributed by atoms with Crippen LogP contribution in [-0.4, -0.2) is 5.96 Å². The summed E-state index contributed by atoms with van der Waals surface area (Å²) in [4.78, 5) is 0. The molecule has 4 N–H and O–H groups in total. The zero-order valence-electron chi connectivity index (χ0n) is 8.46. The van der Waals surface area contributed by atoms with Crippen molar-refractivity contribution in [3.63, 3.8) is 0 Å². The van der Waals surface area contributed by atoms with Crippen LogP contribution in [0.4, 0.5) is 0 Å². The molecule has 0 aliphatic rings. The third-order valence-corrected chi connectivity index (χ3v) is 2.83. The van der Waals surface area contributed by atoms with E-state index in [0.717, 1.165) is 0 Å². The number of halogens is 2. The summed E-state index contributed by atoms with van der Waals surface area (Å²) < 4.78 is 0. The first-order valence-electron chi connectivity index (χ1n) is 4.36. The van der Waals surface area contributed by atoms with E-state index in [0.29, 0.717) is 0 Å². The monoisotopic (exact) mass is 267 g/mol. The number of nitrogens with two attached hydrogens (primary N) is 1. The number of hydrogen-bond acceptors (Lipinski definition) is 3. The number of hydrogen-bond donors (Lipinski definition) is 3. The Morgan fingerprint density at radius 1 is 1.35 bits per heavy atom. The van der Waals surface area contributed by atoms with Crippen molar-refractivity contribution in [2.75, 3.05) is 0 Å². The Hall–Kier alpha value is -1.95. The molecule has 0 amide bonds. The Morgan fingerprint density at radius 2 is 1.94 bits per heavy atom. The molecule has 0 radical (unpaired) electrons. The van der Waals surface area contributed by atoms with Gasteiger partial charge in [0.05, 0.1) is 10.0 Å². The highest BCUT2D eigenvalue weighted by Crippen LogP contribution is 2.32. The van der Waals surface area contributed by atoms with Crippen molar-refractivity contribution in [1.29, 1.82) is 15.9 Å². The smallest absolute Gasteiger partial charge is 0.242 e. The van der Waals surface area contributed by atoms with Gasteiger partial charge < -0.3 is 11.1 Å². The highest BCUT2D eigenvalue weighted by Gasteiger charge is 2.35. The lowest BCUT2D eigenvalue weighted by molar-refractivity contribution is 0.646. The van der Waals surface area contributed by atoms with Gasteiger partial charge in [0.15, 0.2) is 5.96 Å². The van der Waals surface area contributed by atoms with Crippen LogP contribution in [0.3, 0.4) is 0 Å². The van der Waals surface area contributed by atoms with Gasteiger partial charge in [0.2, 0.25) is 5.54 Å². The SMILES string of the molecule is N#CC(C#N)(NC(=N)N)c1cccc(Cl)c1Cl. The Bertz CT molecular complexity index is 527. The minimum Gasteiger partial charge on any atom is -0.370 e. The van der Waals surface area contributed by atoms with Gasteiger partial charge in [0, 0.05) is 5.56 Å². The van der Waals surface area contributed by atoms with Crippen LogP contribution >= 0.6 is 23.2 Å². The Kier molecular flexibility index (Phi) is 3.80. The largest absolute Gasteiger partial charge is 0.370 e. The summed E-state index contributed by atoms with van der Waals surface area (Å²) in [7, 11) is 0. The minimum absolute atomic E-state index is 0.0750. The predicted octanol–water partition coefficient (Wildman–Crippen LogP) is 1.72. The van der Waals surface area contributed by atoms with E-state index in [-0.39, 0.29) is 15.6 Å². The standard InChI is InChI=1S/C10H7Cl2N5/c11-7-3-1-2-6(8(7)12)10(4-13,5-14)17-9(15)16/h1-3H,(H4,15,16,17). The Labute approximate surface area is 108 Å². The number of nitrogens with zero attached hydrogens (tertiary/aromatic N) is 2. The summed E-state index contributed by atoms with van der Waals surface area (Å²) in [6, 6.07) is 8.04. The van der Waals surface area contributed by atoms with Crippen molar-refractivity contribution in [2.45, 2.75) is 5.54 Å². The van der Waals surface area contributed by atoms with E-state index in [1.54, 1.807) is 18.2 Å². The molecule has 0 bridgehead atoms. The second-order valence-corrected chi connectivity index (χ2v) is 3.90. The highest BCUT2D eigenvalue weighted by atomic mass is 35.5. The number of rotatable bonds is 2. The van der Waals surface area contributed by atoms with E-state index >= 15 is 0 Å². The fourth-order valence-electron chi connectivity index (χ4n) is 1.26. The van der Waals surface area contributed by atoms with Crippen molar-refractivity contribution < 1.29 is 0 Å². The Balaban J connectivity index is 3.45. The summed E-state index contributed by atoms with van der Waals surface area (Å²) in [6.45, 7) is 0. The second-order valence-electron chi connectivity index (χ2n) is 3.11. The summed E-state index contributed by atoms with van der Waals surface area (Å²) in [6.07, 6.45) is 0. The van der Waals surface area contributed by atoms with Crippen molar-refractivity contribution in [3.8, 4) is 12.1 Å². The summed E-state index contributed by atoms with van der Waals surface area (Å²) >= 11 is 11.7. The zero-order valence-corrected chi connectivity index (χ0v) is 9.97. The molecule has 0 unspecified atom stereocenters. The van der Waals surface area contributed by atoms with Gasteiger partial charge in [0.1, 0.15) is 12.1 Å². The number of nitriles is 2. The van der Waals surface area contributed by atoms with Crippen LogP contribution in [0.25, 0.3) is 0 Å². The van der Waals surface area contributed by atoms with Gasteiger partial charge in [-0.05, 0) is 6.07 Å². The first-order valence-corrected chi connectivity index (χ1v) is 5.11. The molecule has 0 fully saturated rings. The van der Waals surface area contributed by atoms with E-state index < -0.39 is 11.5 Å². The van der Waals surface area contributed by atoms with Crippen LogP contribution < -0.4 is 11.1 Å². The average molecular weight is 268 g/mol. The second kappa shape index (κ2) is 4.92. The van der Waals surface area contributed by atoms with E-state index in [4.69, 9.17) is 44.9 Å². The lowest BCUT2D eigenvalue weighted by Crippen LogP contribution is -2.47. The number of nitrogens with one attached hydrogen (secondary N) is 2. The molecule has 0 heterocycles. The van der Waals surface area contributed by atoms with Crippen LogP contribution in [0.5, 0.6) is 0 Å². The Morgan fingerprint density at radius 3 is 2.41 bits per heavy atom. The molecule has 0 saturated heterocycles. The molecule has 17 heavy (non-hydrogen) atoms. The van der Waals surface area contributed by atoms with Gasteiger partial charge in [-0.15, -0.1) is 0 Å². The zero-order chi connectivity index (χ0) is 13.1. The molecular weight excluding hydrogens is 261 g/mol. The van der Waals surface area contributed by atoms with E-state index in [1.165, 1.54) is 12.1 Å². The molecule has 86 valence electrons. The topological polar surface area (TPSA) is 109 Å². The first kappa shape index (κ1) is 13.1. The number of guanidine groups is 1. The molecule has 0 atom stereocenters. The number of benzene rings is 1. The molecule has 0 saturated carbocycles. The van der Waals surface area contributed by atoms with E-state index in [1.807, 2.05) is 0 Å². The van der Waals surface area contributed by atoms with Crippen molar-refractivity contribution in [1.82, 2.24) is 5.32 Å². The third-order valence-electron chi connectivity index (χ3n) is 2.01. The van der Waals surface area contributed by atoms with Crippen LogP contribution in [-0.2, 0) is 5.54 Å². The summed E-state index contributed by atoms with van der Waals surface area (Å²) in [5.41, 5.74) is 3.48. The van der Waals surface area contributed by atoms with Crippen LogP contribution in [0.1, 0.15) is 5.56 Å². The van der Waals surface area contributed by atoms with Gasteiger partial charge in [0.25, 0.3) is 0 Å². The fraction of sp³-hybridized carbons (Fsp3) is 0.100. The summed E-state index contributed by atoms with van der Waals surface area (Å²) in [5, 5.41) is 27.9. The molecule has 1 aromatic rings. The van der Waals surface area contributed by atoms with Crippen molar-refractivity contribution in [3.05, 3.63) is 33.8 Å². The maximum Gasteiger partial charge on any atom is 0.242 e. The molecule has 0 aromatic heterocycles. The minimum atomic E-state index is -1.83. The van der Waals surface area contributed by atoms with Gasteiger partial charge in [-0.2, -0.15) is 10.5 Å². The van der Waals surface area contributed by atoms with Gasteiger partial charge in [-0.1, -0.05) is 35.3 Å². The molecule has 0 aliphatic heterocycles. The van der Waals surface area contributed by atoms with Crippen molar-refractivity contribution in [2.24, 2.45) is 5.73 Å². The van der Waals surface area contributed by atoms with Crippen LogP contribution in [0.15, 0.2) is 18.2 Å². The third kappa shape index (κ3) is 2.42. The lowest BCUT2D eigenvalue weighted by atomic mass is 9.93. The average Bonchev–Trinajstić information content (AvgIpc) is 2.30. The molecule has 5 nitrogen and oxygen atoms in total. The molecule has 0 aliphatic carbocycles. The van der Waals surface area contributed by atoms with Gasteiger partial charge in [-0.25, -0.2) is 0 Å². The molecule has 1 aromatic carbocycles.